The maximum absolute atomic E-state index is 12.7. The zero-order valence-corrected chi connectivity index (χ0v) is 16.8. The summed E-state index contributed by atoms with van der Waals surface area (Å²) < 4.78 is 5.51. The molecule has 0 aromatic heterocycles. The molecule has 2 fully saturated rings. The van der Waals surface area contributed by atoms with Gasteiger partial charge in [-0.3, -0.25) is 9.69 Å². The second kappa shape index (κ2) is 8.72. The smallest absolute Gasteiger partial charge is 0.251 e. The lowest BCUT2D eigenvalue weighted by atomic mass is 9.94. The van der Waals surface area contributed by atoms with Crippen LogP contribution in [-0.4, -0.2) is 59.9 Å². The molecule has 1 aliphatic carbocycles. The molecule has 1 heterocycles. The third-order valence-electron chi connectivity index (χ3n) is 6.04. The molecule has 2 N–H and O–H groups in total. The Labute approximate surface area is 163 Å². The molecule has 27 heavy (non-hydrogen) atoms. The molecule has 1 aliphatic heterocycles. The second-order valence-electron chi connectivity index (χ2n) is 8.72. The number of morpholine rings is 1. The normalized spacial score (nSPS) is 20.6. The lowest BCUT2D eigenvalue weighted by molar-refractivity contribution is -0.0199. The van der Waals surface area contributed by atoms with Crippen molar-refractivity contribution < 1.29 is 14.6 Å². The van der Waals surface area contributed by atoms with Gasteiger partial charge in [0.2, 0.25) is 0 Å². The summed E-state index contributed by atoms with van der Waals surface area (Å²) in [6.07, 6.45) is 6.31. The van der Waals surface area contributed by atoms with Crippen LogP contribution in [0.4, 0.5) is 0 Å². The molecule has 1 saturated carbocycles. The largest absolute Gasteiger partial charge is 0.390 e. The van der Waals surface area contributed by atoms with E-state index in [0.29, 0.717) is 18.5 Å². The van der Waals surface area contributed by atoms with Crippen molar-refractivity contribution in [2.45, 2.75) is 63.5 Å². The Morgan fingerprint density at radius 1 is 1.19 bits per heavy atom. The van der Waals surface area contributed by atoms with Crippen LogP contribution in [0, 0.1) is 0 Å². The maximum Gasteiger partial charge on any atom is 0.251 e. The predicted molar refractivity (Wildman–Crippen MR) is 107 cm³/mol. The van der Waals surface area contributed by atoms with Gasteiger partial charge in [0.05, 0.1) is 18.8 Å². The fraction of sp³-hybridized carbons (Fsp3) is 0.682. The van der Waals surface area contributed by atoms with Gasteiger partial charge < -0.3 is 15.2 Å². The number of carbonyl (C=O) groups is 1. The van der Waals surface area contributed by atoms with Gasteiger partial charge in [0.15, 0.2) is 0 Å². The van der Waals surface area contributed by atoms with E-state index in [2.05, 4.69) is 10.2 Å². The highest BCUT2D eigenvalue weighted by molar-refractivity contribution is 5.94. The number of nitrogens with one attached hydrogen (secondary N) is 1. The Morgan fingerprint density at radius 3 is 2.41 bits per heavy atom. The van der Waals surface area contributed by atoms with E-state index >= 15 is 0 Å². The van der Waals surface area contributed by atoms with Gasteiger partial charge in [-0.2, -0.15) is 0 Å². The second-order valence-corrected chi connectivity index (χ2v) is 8.72. The minimum atomic E-state index is -0.662. The summed E-state index contributed by atoms with van der Waals surface area (Å²) in [5, 5.41) is 13.0. The Balaban J connectivity index is 1.56. The summed E-state index contributed by atoms with van der Waals surface area (Å²) >= 11 is 0. The predicted octanol–water partition coefficient (Wildman–Crippen LogP) is 2.76. The van der Waals surface area contributed by atoms with E-state index in [9.17, 15) is 9.90 Å². The summed E-state index contributed by atoms with van der Waals surface area (Å²) in [5.41, 5.74) is 1.29. The summed E-state index contributed by atoms with van der Waals surface area (Å²) in [7, 11) is 0. The molecule has 1 aromatic carbocycles. The van der Waals surface area contributed by atoms with Crippen molar-refractivity contribution in [1.29, 1.82) is 0 Å². The van der Waals surface area contributed by atoms with E-state index in [1.807, 2.05) is 38.1 Å². The van der Waals surface area contributed by atoms with Crippen molar-refractivity contribution in [1.82, 2.24) is 10.2 Å². The Kier molecular flexibility index (Phi) is 6.56. The fourth-order valence-electron chi connectivity index (χ4n) is 4.30. The van der Waals surface area contributed by atoms with E-state index < -0.39 is 5.60 Å². The van der Waals surface area contributed by atoms with Gasteiger partial charge in [-0.1, -0.05) is 25.0 Å². The van der Waals surface area contributed by atoms with Gasteiger partial charge in [-0.15, -0.1) is 0 Å². The quantitative estimate of drug-likeness (QED) is 0.770. The summed E-state index contributed by atoms with van der Waals surface area (Å²) in [6, 6.07) is 7.78. The standard InChI is InChI=1S/C22H34N2O3/c1-21(2,26)12-9-18-5-7-19(8-6-18)20(25)23-17-22(10-3-4-11-22)24-13-15-27-16-14-24/h5-8,26H,3-4,9-17H2,1-2H3,(H,23,25). The summed E-state index contributed by atoms with van der Waals surface area (Å²) in [6.45, 7) is 7.87. The van der Waals surface area contributed by atoms with Gasteiger partial charge in [0.25, 0.3) is 5.91 Å². The third-order valence-corrected chi connectivity index (χ3v) is 6.04. The first kappa shape index (κ1) is 20.3. The van der Waals surface area contributed by atoms with Gasteiger partial charge in [0.1, 0.15) is 0 Å². The highest BCUT2D eigenvalue weighted by atomic mass is 16.5. The molecule has 0 spiro atoms. The molecular weight excluding hydrogens is 340 g/mol. The minimum Gasteiger partial charge on any atom is -0.390 e. The van der Waals surface area contributed by atoms with Crippen LogP contribution in [-0.2, 0) is 11.2 Å². The number of hydrogen-bond acceptors (Lipinski definition) is 4. The number of aryl methyl sites for hydroxylation is 1. The lowest BCUT2D eigenvalue weighted by Gasteiger charge is -2.43. The number of benzene rings is 1. The molecule has 0 radical (unpaired) electrons. The molecule has 1 amide bonds. The first-order valence-electron chi connectivity index (χ1n) is 10.3. The van der Waals surface area contributed by atoms with Crippen molar-refractivity contribution >= 4 is 5.91 Å². The monoisotopic (exact) mass is 374 g/mol. The van der Waals surface area contributed by atoms with Crippen LogP contribution in [0.2, 0.25) is 0 Å². The Morgan fingerprint density at radius 2 is 1.81 bits per heavy atom. The molecule has 0 atom stereocenters. The average molecular weight is 375 g/mol. The highest BCUT2D eigenvalue weighted by Crippen LogP contribution is 2.35. The number of nitrogens with zero attached hydrogens (tertiary/aromatic N) is 1. The van der Waals surface area contributed by atoms with Gasteiger partial charge in [-0.05, 0) is 57.2 Å². The van der Waals surface area contributed by atoms with Crippen LogP contribution in [0.5, 0.6) is 0 Å². The van der Waals surface area contributed by atoms with Crippen LogP contribution in [0.3, 0.4) is 0 Å². The molecule has 2 aliphatic rings. The maximum atomic E-state index is 12.7. The first-order valence-corrected chi connectivity index (χ1v) is 10.3. The first-order chi connectivity index (χ1) is 12.9. The van der Waals surface area contributed by atoms with E-state index in [-0.39, 0.29) is 11.4 Å². The molecule has 1 saturated heterocycles. The van der Waals surface area contributed by atoms with Gasteiger partial charge >= 0.3 is 0 Å². The summed E-state index contributed by atoms with van der Waals surface area (Å²) in [5.74, 6) is 0.00331. The van der Waals surface area contributed by atoms with E-state index in [1.165, 1.54) is 12.8 Å². The van der Waals surface area contributed by atoms with Crippen LogP contribution in [0.1, 0.15) is 61.9 Å². The number of rotatable bonds is 7. The number of amides is 1. The molecule has 0 unspecified atom stereocenters. The number of hydrogen-bond donors (Lipinski definition) is 2. The number of aliphatic hydroxyl groups is 1. The third kappa shape index (κ3) is 5.53. The van der Waals surface area contributed by atoms with Crippen LogP contribution >= 0.6 is 0 Å². The lowest BCUT2D eigenvalue weighted by Crippen LogP contribution is -2.57. The topological polar surface area (TPSA) is 61.8 Å². The molecule has 0 bridgehead atoms. The molecule has 5 heteroatoms. The SMILES string of the molecule is CC(C)(O)CCc1ccc(C(=O)NCC2(N3CCOCC3)CCCC2)cc1. The average Bonchev–Trinajstić information content (AvgIpc) is 3.15. The molecular formula is C22H34N2O3. The highest BCUT2D eigenvalue weighted by Gasteiger charge is 2.40. The zero-order chi connectivity index (χ0) is 19.3. The van der Waals surface area contributed by atoms with Crippen molar-refractivity contribution in [3.63, 3.8) is 0 Å². The van der Waals surface area contributed by atoms with Crippen molar-refractivity contribution in [2.75, 3.05) is 32.8 Å². The van der Waals surface area contributed by atoms with Gasteiger partial charge in [-0.25, -0.2) is 0 Å². The minimum absolute atomic E-state index is 0.00331. The molecule has 3 rings (SSSR count). The molecule has 150 valence electrons. The van der Waals surface area contributed by atoms with Crippen molar-refractivity contribution in [3.05, 3.63) is 35.4 Å². The van der Waals surface area contributed by atoms with Crippen LogP contribution in [0.15, 0.2) is 24.3 Å². The zero-order valence-electron chi connectivity index (χ0n) is 16.8. The van der Waals surface area contributed by atoms with Crippen LogP contribution in [0.25, 0.3) is 0 Å². The Bertz CT molecular complexity index is 609. The van der Waals surface area contributed by atoms with Crippen LogP contribution < -0.4 is 5.32 Å². The van der Waals surface area contributed by atoms with Crippen molar-refractivity contribution in [2.24, 2.45) is 0 Å². The van der Waals surface area contributed by atoms with E-state index in [4.69, 9.17) is 4.74 Å². The Hall–Kier alpha value is -1.43. The fourth-order valence-corrected chi connectivity index (χ4v) is 4.30. The van der Waals surface area contributed by atoms with E-state index in [1.54, 1.807) is 0 Å². The van der Waals surface area contributed by atoms with Gasteiger partial charge in [0, 0.05) is 30.7 Å². The number of ether oxygens (including phenoxy) is 1. The molecule has 1 aromatic rings. The molecule has 5 nitrogen and oxygen atoms in total. The van der Waals surface area contributed by atoms with Crippen molar-refractivity contribution in [3.8, 4) is 0 Å². The summed E-state index contributed by atoms with van der Waals surface area (Å²) in [4.78, 5) is 15.2. The number of carbonyl (C=O) groups excluding carboxylic acids is 1. The van der Waals surface area contributed by atoms with E-state index in [0.717, 1.165) is 51.1 Å².